The van der Waals surface area contributed by atoms with E-state index in [1.807, 2.05) is 53.1 Å². The molecule has 1 aromatic carbocycles. The van der Waals surface area contributed by atoms with Gasteiger partial charge in [0.1, 0.15) is 10.6 Å². The number of rotatable bonds is 5. The normalized spacial score (nSPS) is 10.8. The lowest BCUT2D eigenvalue weighted by molar-refractivity contribution is 0.0702. The molecule has 0 aliphatic carbocycles. The minimum Gasteiger partial charge on any atom is -0.477 e. The third-order valence-electron chi connectivity index (χ3n) is 3.42. The summed E-state index contributed by atoms with van der Waals surface area (Å²) in [5.74, 6) is -0.387. The molecular formula is C17H11N5O2S2. The van der Waals surface area contributed by atoms with Gasteiger partial charge in [-0.15, -0.1) is 21.5 Å². The van der Waals surface area contributed by atoms with E-state index in [9.17, 15) is 4.79 Å². The van der Waals surface area contributed by atoms with Gasteiger partial charge in [-0.2, -0.15) is 0 Å². The highest BCUT2D eigenvalue weighted by atomic mass is 32.2. The molecule has 1 N–H and O–H groups in total. The summed E-state index contributed by atoms with van der Waals surface area (Å²) < 4.78 is 2.47. The molecule has 0 atom stereocenters. The van der Waals surface area contributed by atoms with Crippen molar-refractivity contribution in [3.8, 4) is 17.2 Å². The highest BCUT2D eigenvalue weighted by Gasteiger charge is 2.19. The molecule has 128 valence electrons. The first kappa shape index (κ1) is 16.4. The van der Waals surface area contributed by atoms with E-state index < -0.39 is 5.97 Å². The van der Waals surface area contributed by atoms with E-state index in [4.69, 9.17) is 5.11 Å². The average molecular weight is 381 g/mol. The molecule has 0 saturated heterocycles. The van der Waals surface area contributed by atoms with Crippen molar-refractivity contribution >= 4 is 29.1 Å². The van der Waals surface area contributed by atoms with E-state index in [2.05, 4.69) is 20.2 Å². The van der Waals surface area contributed by atoms with Crippen LogP contribution in [0, 0.1) is 0 Å². The molecule has 4 aromatic rings. The molecule has 3 aromatic heterocycles. The molecule has 0 aliphatic heterocycles. The molecule has 4 rings (SSSR count). The summed E-state index contributed by atoms with van der Waals surface area (Å²) in [5, 5.41) is 18.2. The van der Waals surface area contributed by atoms with Gasteiger partial charge in [-0.25, -0.2) is 9.78 Å². The van der Waals surface area contributed by atoms with Crippen molar-refractivity contribution in [2.45, 2.75) is 9.50 Å². The van der Waals surface area contributed by atoms with Gasteiger partial charge in [-0.05, 0) is 36.0 Å². The van der Waals surface area contributed by atoms with E-state index in [0.717, 1.165) is 17.0 Å². The molecule has 3 heterocycles. The van der Waals surface area contributed by atoms with Crippen LogP contribution in [-0.4, -0.2) is 35.8 Å². The predicted molar refractivity (Wildman–Crippen MR) is 97.8 cm³/mol. The zero-order chi connectivity index (χ0) is 17.9. The third kappa shape index (κ3) is 3.22. The SMILES string of the molecule is O=C(O)c1cnc(Sc2nnc(-c3ccccn3)n2-c2ccccc2)s1. The number of hydrogen-bond acceptors (Lipinski definition) is 7. The molecule has 0 unspecified atom stereocenters. The fourth-order valence-corrected chi connectivity index (χ4v) is 4.06. The van der Waals surface area contributed by atoms with E-state index in [1.54, 1.807) is 6.20 Å². The molecule has 7 nitrogen and oxygen atoms in total. The average Bonchev–Trinajstić information content (AvgIpc) is 3.31. The molecule has 9 heteroatoms. The number of thiazole rings is 1. The Morgan fingerprint density at radius 2 is 1.85 bits per heavy atom. The Labute approximate surface area is 156 Å². The van der Waals surface area contributed by atoms with Crippen LogP contribution in [0.25, 0.3) is 17.2 Å². The summed E-state index contributed by atoms with van der Waals surface area (Å²) in [6.07, 6.45) is 3.05. The Morgan fingerprint density at radius 1 is 1.04 bits per heavy atom. The van der Waals surface area contributed by atoms with Gasteiger partial charge in [0, 0.05) is 11.9 Å². The maximum Gasteiger partial charge on any atom is 0.347 e. The van der Waals surface area contributed by atoms with E-state index >= 15 is 0 Å². The number of aromatic carboxylic acids is 1. The van der Waals surface area contributed by atoms with Crippen LogP contribution in [0.1, 0.15) is 9.67 Å². The van der Waals surface area contributed by atoms with Gasteiger partial charge in [-0.3, -0.25) is 9.55 Å². The summed E-state index contributed by atoms with van der Waals surface area (Å²) in [6, 6.07) is 15.3. The van der Waals surface area contributed by atoms with Crippen LogP contribution in [0.2, 0.25) is 0 Å². The Kier molecular flexibility index (Phi) is 4.46. The molecule has 0 bridgehead atoms. The third-order valence-corrected chi connectivity index (χ3v) is 5.42. The van der Waals surface area contributed by atoms with E-state index in [0.29, 0.717) is 21.0 Å². The fourth-order valence-electron chi connectivity index (χ4n) is 2.29. The summed E-state index contributed by atoms with van der Waals surface area (Å²) in [4.78, 5) is 19.8. The summed E-state index contributed by atoms with van der Waals surface area (Å²) >= 11 is 2.37. The molecule has 0 saturated carbocycles. The zero-order valence-corrected chi connectivity index (χ0v) is 14.8. The van der Waals surface area contributed by atoms with Gasteiger partial charge in [0.2, 0.25) is 5.16 Å². The minimum absolute atomic E-state index is 0.184. The van der Waals surface area contributed by atoms with Crippen molar-refractivity contribution in [2.24, 2.45) is 0 Å². The van der Waals surface area contributed by atoms with Crippen LogP contribution in [-0.2, 0) is 0 Å². The lowest BCUT2D eigenvalue weighted by Gasteiger charge is -2.08. The zero-order valence-electron chi connectivity index (χ0n) is 13.2. The van der Waals surface area contributed by atoms with Crippen molar-refractivity contribution in [3.05, 3.63) is 65.8 Å². The first-order chi connectivity index (χ1) is 12.7. The summed E-state index contributed by atoms with van der Waals surface area (Å²) in [7, 11) is 0. The van der Waals surface area contributed by atoms with Crippen LogP contribution in [0.4, 0.5) is 0 Å². The standard InChI is InChI=1S/C17H11N5O2S2/c23-15(24)13-10-19-17(25-13)26-16-21-20-14(12-8-4-5-9-18-12)22(16)11-6-2-1-3-7-11/h1-10H,(H,23,24). The van der Waals surface area contributed by atoms with Crippen molar-refractivity contribution < 1.29 is 9.90 Å². The number of aromatic nitrogens is 5. The number of carboxylic acids is 1. The highest BCUT2D eigenvalue weighted by Crippen LogP contribution is 2.33. The van der Waals surface area contributed by atoms with Crippen LogP contribution in [0.3, 0.4) is 0 Å². The molecular weight excluding hydrogens is 370 g/mol. The first-order valence-corrected chi connectivity index (χ1v) is 9.15. The molecule has 0 spiro atoms. The second-order valence-electron chi connectivity index (χ2n) is 5.09. The van der Waals surface area contributed by atoms with E-state index in [1.165, 1.54) is 18.0 Å². The van der Waals surface area contributed by atoms with Crippen molar-refractivity contribution in [2.75, 3.05) is 0 Å². The molecule has 0 amide bonds. The molecule has 0 radical (unpaired) electrons. The van der Waals surface area contributed by atoms with Crippen LogP contribution in [0.5, 0.6) is 0 Å². The maximum atomic E-state index is 11.1. The number of para-hydroxylation sites is 1. The van der Waals surface area contributed by atoms with Crippen molar-refractivity contribution in [3.63, 3.8) is 0 Å². The molecule has 0 fully saturated rings. The largest absolute Gasteiger partial charge is 0.477 e. The Morgan fingerprint density at radius 3 is 2.54 bits per heavy atom. The summed E-state index contributed by atoms with van der Waals surface area (Å²) in [5.41, 5.74) is 1.58. The lowest BCUT2D eigenvalue weighted by atomic mass is 10.3. The van der Waals surface area contributed by atoms with Crippen molar-refractivity contribution in [1.82, 2.24) is 24.7 Å². The number of pyridine rings is 1. The van der Waals surface area contributed by atoms with Crippen LogP contribution >= 0.6 is 23.1 Å². The number of carboxylic acid groups (broad SMARTS) is 1. The van der Waals surface area contributed by atoms with Gasteiger partial charge in [-0.1, -0.05) is 24.3 Å². The van der Waals surface area contributed by atoms with E-state index in [-0.39, 0.29) is 4.88 Å². The quantitative estimate of drug-likeness (QED) is 0.564. The minimum atomic E-state index is -0.993. The number of carbonyl (C=O) groups is 1. The van der Waals surface area contributed by atoms with Crippen LogP contribution in [0.15, 0.2) is 70.4 Å². The van der Waals surface area contributed by atoms with Gasteiger partial charge in [0.15, 0.2) is 10.2 Å². The highest BCUT2D eigenvalue weighted by molar-refractivity contribution is 8.00. The second kappa shape index (κ2) is 7.06. The van der Waals surface area contributed by atoms with Gasteiger partial charge in [0.25, 0.3) is 0 Å². The number of nitrogens with zero attached hydrogens (tertiary/aromatic N) is 5. The van der Waals surface area contributed by atoms with Crippen LogP contribution < -0.4 is 0 Å². The topological polar surface area (TPSA) is 93.8 Å². The van der Waals surface area contributed by atoms with Gasteiger partial charge < -0.3 is 5.11 Å². The number of hydrogen-bond donors (Lipinski definition) is 1. The Balaban J connectivity index is 1.79. The maximum absolute atomic E-state index is 11.1. The summed E-state index contributed by atoms with van der Waals surface area (Å²) in [6.45, 7) is 0. The smallest absolute Gasteiger partial charge is 0.347 e. The van der Waals surface area contributed by atoms with Gasteiger partial charge >= 0.3 is 5.97 Å². The number of benzene rings is 1. The lowest BCUT2D eigenvalue weighted by Crippen LogP contribution is -2.00. The monoisotopic (exact) mass is 381 g/mol. The van der Waals surface area contributed by atoms with Gasteiger partial charge in [0.05, 0.1) is 6.20 Å². The predicted octanol–water partition coefficient (Wildman–Crippen LogP) is 3.64. The Bertz CT molecular complexity index is 1050. The second-order valence-corrected chi connectivity index (χ2v) is 7.33. The van der Waals surface area contributed by atoms with Crippen molar-refractivity contribution in [1.29, 1.82) is 0 Å². The fraction of sp³-hybridized carbons (Fsp3) is 0. The Hall–Kier alpha value is -3.04. The molecule has 0 aliphatic rings. The first-order valence-electron chi connectivity index (χ1n) is 7.51. The molecule has 26 heavy (non-hydrogen) atoms.